The summed E-state index contributed by atoms with van der Waals surface area (Å²) in [6.07, 6.45) is 1.36. The fourth-order valence-electron chi connectivity index (χ4n) is 2.84. The van der Waals surface area contributed by atoms with Crippen molar-refractivity contribution in [3.63, 3.8) is 0 Å². The van der Waals surface area contributed by atoms with E-state index in [1.54, 1.807) is 0 Å². The number of hydrogen-bond donors (Lipinski definition) is 1. The first-order valence-electron chi connectivity index (χ1n) is 6.25. The van der Waals surface area contributed by atoms with Gasteiger partial charge in [0, 0.05) is 10.4 Å². The van der Waals surface area contributed by atoms with E-state index >= 15 is 0 Å². The maximum absolute atomic E-state index is 10.0. The highest BCUT2D eigenvalue weighted by atomic mass is 79.9. The third kappa shape index (κ3) is 2.23. The van der Waals surface area contributed by atoms with Gasteiger partial charge in [-0.15, -0.1) is 0 Å². The molecule has 1 nitrogen and oxygen atoms in total. The largest absolute Gasteiger partial charge is 0.393 e. The second-order valence-corrected chi connectivity index (χ2v) is 5.82. The summed E-state index contributed by atoms with van der Waals surface area (Å²) in [5, 5.41) is 10.0. The molecule has 1 N–H and O–H groups in total. The zero-order chi connectivity index (χ0) is 12.5. The van der Waals surface area contributed by atoms with Crippen molar-refractivity contribution in [2.75, 3.05) is 0 Å². The minimum Gasteiger partial charge on any atom is -0.393 e. The third-order valence-electron chi connectivity index (χ3n) is 3.64. The van der Waals surface area contributed by atoms with Crippen LogP contribution >= 0.6 is 15.9 Å². The molecule has 3 rings (SSSR count). The van der Waals surface area contributed by atoms with Gasteiger partial charge in [0.15, 0.2) is 0 Å². The van der Waals surface area contributed by atoms with E-state index < -0.39 is 0 Å². The number of halogens is 1. The minimum absolute atomic E-state index is 0.233. The first-order valence-corrected chi connectivity index (χ1v) is 7.04. The van der Waals surface area contributed by atoms with Gasteiger partial charge in [-0.1, -0.05) is 52.3 Å². The van der Waals surface area contributed by atoms with E-state index in [0.29, 0.717) is 5.92 Å². The summed E-state index contributed by atoms with van der Waals surface area (Å²) >= 11 is 3.52. The van der Waals surface area contributed by atoms with Gasteiger partial charge in [0.1, 0.15) is 0 Å². The summed E-state index contributed by atoms with van der Waals surface area (Å²) in [5.41, 5.74) is 3.91. The van der Waals surface area contributed by atoms with Crippen LogP contribution in [0.1, 0.15) is 29.0 Å². The predicted octanol–water partition coefficient (Wildman–Crippen LogP) is 3.89. The summed E-state index contributed by atoms with van der Waals surface area (Å²) in [4.78, 5) is 0. The van der Waals surface area contributed by atoms with Crippen molar-refractivity contribution in [3.05, 3.63) is 69.7 Å². The van der Waals surface area contributed by atoms with Crippen LogP contribution < -0.4 is 0 Å². The van der Waals surface area contributed by atoms with E-state index in [9.17, 15) is 5.11 Å². The van der Waals surface area contributed by atoms with Gasteiger partial charge in [0.2, 0.25) is 0 Å². The molecule has 2 aromatic carbocycles. The quantitative estimate of drug-likeness (QED) is 0.847. The first-order chi connectivity index (χ1) is 8.74. The Morgan fingerprint density at radius 2 is 1.89 bits per heavy atom. The fourth-order valence-corrected chi connectivity index (χ4v) is 3.25. The molecule has 0 spiro atoms. The van der Waals surface area contributed by atoms with Crippen LogP contribution in [-0.4, -0.2) is 11.2 Å². The minimum atomic E-state index is -0.233. The van der Waals surface area contributed by atoms with Gasteiger partial charge in [-0.25, -0.2) is 0 Å². The van der Waals surface area contributed by atoms with Crippen LogP contribution in [0, 0.1) is 0 Å². The van der Waals surface area contributed by atoms with Gasteiger partial charge >= 0.3 is 0 Å². The zero-order valence-electron chi connectivity index (χ0n) is 10.0. The van der Waals surface area contributed by atoms with Crippen LogP contribution in [-0.2, 0) is 6.42 Å². The van der Waals surface area contributed by atoms with Crippen LogP contribution in [0.4, 0.5) is 0 Å². The molecule has 1 aliphatic rings. The Bertz CT molecular complexity index is 565. The summed E-state index contributed by atoms with van der Waals surface area (Å²) in [6, 6.07) is 16.8. The number of hydrogen-bond acceptors (Lipinski definition) is 1. The summed E-state index contributed by atoms with van der Waals surface area (Å²) in [7, 11) is 0. The summed E-state index contributed by atoms with van der Waals surface area (Å²) < 4.78 is 1.09. The molecule has 0 fully saturated rings. The number of aliphatic hydroxyl groups is 1. The zero-order valence-corrected chi connectivity index (χ0v) is 11.6. The lowest BCUT2D eigenvalue weighted by Crippen LogP contribution is -2.23. The standard InChI is InChI=1S/C16H15BrO/c17-13-6-3-5-11(8-13)16-10-14(18)9-12-4-1-2-7-15(12)16/h1-8,14,16,18H,9-10H2/t14-,16+/m0/s1. The molecule has 0 saturated carbocycles. The van der Waals surface area contributed by atoms with E-state index in [1.165, 1.54) is 16.7 Å². The first kappa shape index (κ1) is 11.9. The van der Waals surface area contributed by atoms with Gasteiger partial charge < -0.3 is 5.11 Å². The molecule has 0 saturated heterocycles. The lowest BCUT2D eigenvalue weighted by Gasteiger charge is -2.29. The maximum Gasteiger partial charge on any atom is 0.0589 e. The molecule has 1 aliphatic carbocycles. The van der Waals surface area contributed by atoms with Crippen LogP contribution in [0.3, 0.4) is 0 Å². The second-order valence-electron chi connectivity index (χ2n) is 4.90. The van der Waals surface area contributed by atoms with Gasteiger partial charge in [-0.05, 0) is 41.7 Å². The van der Waals surface area contributed by atoms with Gasteiger partial charge in [-0.3, -0.25) is 0 Å². The molecule has 0 radical (unpaired) electrons. The Kier molecular flexibility index (Phi) is 3.23. The van der Waals surface area contributed by atoms with Gasteiger partial charge in [0.25, 0.3) is 0 Å². The monoisotopic (exact) mass is 302 g/mol. The Labute approximate surface area is 116 Å². The molecule has 0 aromatic heterocycles. The smallest absolute Gasteiger partial charge is 0.0589 e. The molecule has 0 amide bonds. The second kappa shape index (κ2) is 4.87. The Hall–Kier alpha value is -1.12. The predicted molar refractivity (Wildman–Crippen MR) is 76.8 cm³/mol. The number of fused-ring (bicyclic) bond motifs is 1. The van der Waals surface area contributed by atoms with E-state index in [-0.39, 0.29) is 6.10 Å². The van der Waals surface area contributed by atoms with Crippen molar-refractivity contribution in [1.82, 2.24) is 0 Å². The number of aliphatic hydroxyl groups excluding tert-OH is 1. The lowest BCUT2D eigenvalue weighted by molar-refractivity contribution is 0.152. The molecule has 2 atom stereocenters. The average molecular weight is 303 g/mol. The Morgan fingerprint density at radius 1 is 1.06 bits per heavy atom. The van der Waals surface area contributed by atoms with Crippen molar-refractivity contribution in [2.24, 2.45) is 0 Å². The molecular weight excluding hydrogens is 288 g/mol. The topological polar surface area (TPSA) is 20.2 Å². The van der Waals surface area contributed by atoms with Crippen molar-refractivity contribution >= 4 is 15.9 Å². The van der Waals surface area contributed by atoms with E-state index in [0.717, 1.165) is 17.3 Å². The van der Waals surface area contributed by atoms with E-state index in [1.807, 2.05) is 6.07 Å². The van der Waals surface area contributed by atoms with Gasteiger partial charge in [-0.2, -0.15) is 0 Å². The molecule has 0 unspecified atom stereocenters. The summed E-state index contributed by atoms with van der Waals surface area (Å²) in [5.74, 6) is 0.308. The molecule has 0 bridgehead atoms. The van der Waals surface area contributed by atoms with Gasteiger partial charge in [0.05, 0.1) is 6.10 Å². The van der Waals surface area contributed by atoms with Crippen molar-refractivity contribution in [2.45, 2.75) is 24.9 Å². The normalized spacial score (nSPS) is 22.6. The number of rotatable bonds is 1. The Morgan fingerprint density at radius 3 is 2.72 bits per heavy atom. The third-order valence-corrected chi connectivity index (χ3v) is 4.14. The van der Waals surface area contributed by atoms with Crippen LogP contribution in [0.2, 0.25) is 0 Å². The molecule has 92 valence electrons. The van der Waals surface area contributed by atoms with Crippen molar-refractivity contribution in [3.8, 4) is 0 Å². The van der Waals surface area contributed by atoms with E-state index in [2.05, 4.69) is 58.4 Å². The highest BCUT2D eigenvalue weighted by molar-refractivity contribution is 9.10. The van der Waals surface area contributed by atoms with Crippen LogP contribution in [0.15, 0.2) is 53.0 Å². The van der Waals surface area contributed by atoms with Crippen molar-refractivity contribution in [1.29, 1.82) is 0 Å². The average Bonchev–Trinajstić information content (AvgIpc) is 2.37. The molecular formula is C16H15BrO. The van der Waals surface area contributed by atoms with Crippen LogP contribution in [0.25, 0.3) is 0 Å². The van der Waals surface area contributed by atoms with E-state index in [4.69, 9.17) is 0 Å². The molecule has 0 aliphatic heterocycles. The fraction of sp³-hybridized carbons (Fsp3) is 0.250. The van der Waals surface area contributed by atoms with Crippen LogP contribution in [0.5, 0.6) is 0 Å². The molecule has 2 heteroatoms. The lowest BCUT2D eigenvalue weighted by atomic mass is 9.78. The SMILES string of the molecule is O[C@H]1Cc2ccccc2[C@@H](c2cccc(Br)c2)C1. The highest BCUT2D eigenvalue weighted by Crippen LogP contribution is 2.37. The molecule has 2 aromatic rings. The molecule has 18 heavy (non-hydrogen) atoms. The Balaban J connectivity index is 2.07. The molecule has 0 heterocycles. The highest BCUT2D eigenvalue weighted by Gasteiger charge is 2.26. The van der Waals surface area contributed by atoms with Crippen molar-refractivity contribution < 1.29 is 5.11 Å². The number of benzene rings is 2. The summed E-state index contributed by atoms with van der Waals surface area (Å²) in [6.45, 7) is 0. The maximum atomic E-state index is 10.0.